The minimum atomic E-state index is -3.52. The van der Waals surface area contributed by atoms with Gasteiger partial charge >= 0.3 is 0 Å². The predicted octanol–water partition coefficient (Wildman–Crippen LogP) is 4.23. The first-order valence-electron chi connectivity index (χ1n) is 10.4. The lowest BCUT2D eigenvalue weighted by atomic mass is 10.1. The van der Waals surface area contributed by atoms with E-state index in [-0.39, 0.29) is 10.8 Å². The number of hydrogen-bond acceptors (Lipinski definition) is 4. The molecule has 0 atom stereocenters. The molecule has 0 fully saturated rings. The number of carbonyl (C=O) groups excluding carboxylic acids is 1. The van der Waals surface area contributed by atoms with Crippen molar-refractivity contribution in [2.45, 2.75) is 39.0 Å². The Kier molecular flexibility index (Phi) is 6.73. The molecule has 0 aromatic heterocycles. The van der Waals surface area contributed by atoms with Crippen molar-refractivity contribution < 1.29 is 13.2 Å². The number of benzene rings is 2. The molecule has 1 aliphatic rings. The van der Waals surface area contributed by atoms with Gasteiger partial charge in [-0.1, -0.05) is 45.9 Å². The van der Waals surface area contributed by atoms with Gasteiger partial charge in [0.2, 0.25) is 10.0 Å². The molecule has 3 rings (SSSR count). The van der Waals surface area contributed by atoms with Gasteiger partial charge < -0.3 is 4.90 Å². The molecule has 0 saturated heterocycles. The van der Waals surface area contributed by atoms with Crippen LogP contribution in [0.4, 0.5) is 11.4 Å². The molecule has 2 aromatic rings. The SMILES string of the molecule is CCN(CC)S(=O)(=O)c1ccc(N=C2C(=O)N(CCC(C)C)c3ccccc32)cc1. The fourth-order valence-electron chi connectivity index (χ4n) is 3.51. The third-order valence-electron chi connectivity index (χ3n) is 5.25. The van der Waals surface area contributed by atoms with Gasteiger partial charge in [-0.3, -0.25) is 4.79 Å². The third-order valence-corrected chi connectivity index (χ3v) is 7.31. The summed E-state index contributed by atoms with van der Waals surface area (Å²) < 4.78 is 26.7. The van der Waals surface area contributed by atoms with E-state index in [1.165, 1.54) is 4.31 Å². The summed E-state index contributed by atoms with van der Waals surface area (Å²) in [6.45, 7) is 9.38. The van der Waals surface area contributed by atoms with Crippen LogP contribution in [0.3, 0.4) is 0 Å². The highest BCUT2D eigenvalue weighted by molar-refractivity contribution is 7.89. The molecule has 2 aromatic carbocycles. The van der Waals surface area contributed by atoms with Crippen molar-refractivity contribution in [1.82, 2.24) is 4.31 Å². The molecule has 0 radical (unpaired) electrons. The van der Waals surface area contributed by atoms with E-state index in [0.29, 0.717) is 37.0 Å². The van der Waals surface area contributed by atoms with E-state index in [4.69, 9.17) is 0 Å². The van der Waals surface area contributed by atoms with Crippen molar-refractivity contribution in [2.75, 3.05) is 24.5 Å². The number of aliphatic imine (C=N–C) groups is 1. The van der Waals surface area contributed by atoms with Crippen molar-refractivity contribution in [3.05, 3.63) is 54.1 Å². The number of fused-ring (bicyclic) bond motifs is 1. The van der Waals surface area contributed by atoms with Crippen molar-refractivity contribution in [1.29, 1.82) is 0 Å². The van der Waals surface area contributed by atoms with Gasteiger partial charge in [-0.2, -0.15) is 4.31 Å². The number of anilines is 1. The van der Waals surface area contributed by atoms with E-state index in [2.05, 4.69) is 18.8 Å². The third kappa shape index (κ3) is 4.32. The summed E-state index contributed by atoms with van der Waals surface area (Å²) in [7, 11) is -3.52. The Morgan fingerprint density at radius 3 is 2.23 bits per heavy atom. The smallest absolute Gasteiger partial charge is 0.277 e. The average molecular weight is 428 g/mol. The summed E-state index contributed by atoms with van der Waals surface area (Å²) >= 11 is 0. The zero-order valence-corrected chi connectivity index (χ0v) is 18.8. The number of amides is 1. The summed E-state index contributed by atoms with van der Waals surface area (Å²) in [6, 6.07) is 14.1. The molecule has 0 aliphatic carbocycles. The Balaban J connectivity index is 1.92. The minimum Gasteiger partial charge on any atom is -0.306 e. The van der Waals surface area contributed by atoms with Gasteiger partial charge in [0.1, 0.15) is 5.71 Å². The molecule has 0 spiro atoms. The van der Waals surface area contributed by atoms with Gasteiger partial charge in [0.15, 0.2) is 0 Å². The second-order valence-corrected chi connectivity index (χ2v) is 9.64. The average Bonchev–Trinajstić information content (AvgIpc) is 2.99. The highest BCUT2D eigenvalue weighted by Gasteiger charge is 2.33. The Labute approximate surface area is 179 Å². The van der Waals surface area contributed by atoms with Gasteiger partial charge in [-0.25, -0.2) is 13.4 Å². The van der Waals surface area contributed by atoms with Gasteiger partial charge in [-0.15, -0.1) is 0 Å². The second-order valence-electron chi connectivity index (χ2n) is 7.70. The number of nitrogens with zero attached hydrogens (tertiary/aromatic N) is 3. The summed E-state index contributed by atoms with van der Waals surface area (Å²) in [6.07, 6.45) is 0.908. The van der Waals surface area contributed by atoms with Crippen molar-refractivity contribution in [3.63, 3.8) is 0 Å². The van der Waals surface area contributed by atoms with E-state index in [9.17, 15) is 13.2 Å². The van der Waals surface area contributed by atoms with Gasteiger partial charge in [0.05, 0.1) is 16.3 Å². The molecular formula is C23H29N3O3S. The molecule has 1 aliphatic heterocycles. The maximum atomic E-state index is 13.1. The van der Waals surface area contributed by atoms with Crippen LogP contribution >= 0.6 is 0 Å². The summed E-state index contributed by atoms with van der Waals surface area (Å²) in [5, 5.41) is 0. The zero-order valence-electron chi connectivity index (χ0n) is 18.0. The molecule has 0 saturated carbocycles. The molecule has 7 heteroatoms. The van der Waals surface area contributed by atoms with E-state index in [0.717, 1.165) is 17.7 Å². The summed E-state index contributed by atoms with van der Waals surface area (Å²) in [4.78, 5) is 19.7. The van der Waals surface area contributed by atoms with Crippen molar-refractivity contribution in [2.24, 2.45) is 10.9 Å². The zero-order chi connectivity index (χ0) is 21.9. The Hall–Kier alpha value is -2.51. The monoisotopic (exact) mass is 427 g/mol. The quantitative estimate of drug-likeness (QED) is 0.633. The molecule has 6 nitrogen and oxygen atoms in total. The van der Waals surface area contributed by atoms with Crippen LogP contribution in [0.2, 0.25) is 0 Å². The van der Waals surface area contributed by atoms with Crippen LogP contribution in [0.15, 0.2) is 58.4 Å². The predicted molar refractivity (Wildman–Crippen MR) is 121 cm³/mol. The lowest BCUT2D eigenvalue weighted by molar-refractivity contribution is -0.112. The maximum Gasteiger partial charge on any atom is 0.277 e. The number of hydrogen-bond donors (Lipinski definition) is 0. The first-order chi connectivity index (χ1) is 14.3. The van der Waals surface area contributed by atoms with Crippen LogP contribution in [0.5, 0.6) is 0 Å². The molecule has 160 valence electrons. The Morgan fingerprint density at radius 1 is 1.00 bits per heavy atom. The maximum absolute atomic E-state index is 13.1. The van der Waals surface area contributed by atoms with E-state index in [1.54, 1.807) is 29.2 Å². The summed E-state index contributed by atoms with van der Waals surface area (Å²) in [5.41, 5.74) is 2.64. The van der Waals surface area contributed by atoms with Crippen LogP contribution in [-0.4, -0.2) is 44.0 Å². The number of para-hydroxylation sites is 1. The number of rotatable bonds is 8. The minimum absolute atomic E-state index is 0.114. The second kappa shape index (κ2) is 9.10. The molecular weight excluding hydrogens is 398 g/mol. The first kappa shape index (κ1) is 22.2. The molecule has 0 unspecified atom stereocenters. The Morgan fingerprint density at radius 2 is 1.63 bits per heavy atom. The lowest BCUT2D eigenvalue weighted by Crippen LogP contribution is -2.31. The normalized spacial score (nSPS) is 15.5. The van der Waals surface area contributed by atoms with Crippen LogP contribution in [0.1, 0.15) is 39.7 Å². The van der Waals surface area contributed by atoms with E-state index < -0.39 is 10.0 Å². The highest BCUT2D eigenvalue weighted by atomic mass is 32.2. The summed E-state index contributed by atoms with van der Waals surface area (Å²) in [5.74, 6) is 0.378. The van der Waals surface area contributed by atoms with Gasteiger partial charge in [0.25, 0.3) is 5.91 Å². The fraction of sp³-hybridized carbons (Fsp3) is 0.391. The highest BCUT2D eigenvalue weighted by Crippen LogP contribution is 2.31. The molecule has 0 bridgehead atoms. The number of sulfonamides is 1. The van der Waals surface area contributed by atoms with Crippen LogP contribution in [0, 0.1) is 5.92 Å². The van der Waals surface area contributed by atoms with E-state index >= 15 is 0 Å². The lowest BCUT2D eigenvalue weighted by Gasteiger charge is -2.18. The fourth-order valence-corrected chi connectivity index (χ4v) is 4.97. The largest absolute Gasteiger partial charge is 0.306 e. The van der Waals surface area contributed by atoms with Crippen molar-refractivity contribution in [3.8, 4) is 0 Å². The van der Waals surface area contributed by atoms with Gasteiger partial charge in [0, 0.05) is 25.2 Å². The molecule has 30 heavy (non-hydrogen) atoms. The first-order valence-corrected chi connectivity index (χ1v) is 11.8. The topological polar surface area (TPSA) is 70.0 Å². The van der Waals surface area contributed by atoms with Crippen LogP contribution in [-0.2, 0) is 14.8 Å². The Bertz CT molecular complexity index is 1040. The molecule has 0 N–H and O–H groups in total. The molecule has 1 heterocycles. The van der Waals surface area contributed by atoms with Crippen molar-refractivity contribution >= 4 is 33.0 Å². The molecule has 1 amide bonds. The number of carbonyl (C=O) groups is 1. The standard InChI is InChI=1S/C23H29N3O3S/c1-5-25(6-2)30(28,29)19-13-11-18(12-14-19)24-22-20-9-7-8-10-21(20)26(23(22)27)16-15-17(3)4/h7-14,17H,5-6,15-16H2,1-4H3. The van der Waals surface area contributed by atoms with Crippen LogP contribution in [0.25, 0.3) is 0 Å². The van der Waals surface area contributed by atoms with Gasteiger partial charge in [-0.05, 0) is 42.7 Å². The van der Waals surface area contributed by atoms with E-state index in [1.807, 2.05) is 38.1 Å². The van der Waals surface area contributed by atoms with Crippen LogP contribution < -0.4 is 4.90 Å².